The van der Waals surface area contributed by atoms with Gasteiger partial charge in [-0.3, -0.25) is 4.79 Å². The Balaban J connectivity index is 2.46. The van der Waals surface area contributed by atoms with Crippen molar-refractivity contribution in [1.29, 1.82) is 0 Å². The standard InChI is InChI=1S/C11H13N3OS/c1-6-4-7-2-3-9(15)14-10(7)8(5-6)13-11(12)16/h4-5H,2-3H2,1H3,(H,14,15)(H3,12,13,16). The van der Waals surface area contributed by atoms with E-state index in [0.717, 1.165) is 28.9 Å². The summed E-state index contributed by atoms with van der Waals surface area (Å²) < 4.78 is 0. The van der Waals surface area contributed by atoms with E-state index in [1.807, 2.05) is 13.0 Å². The number of aryl methyl sites for hydroxylation is 2. The van der Waals surface area contributed by atoms with Gasteiger partial charge in [-0.1, -0.05) is 6.07 Å². The van der Waals surface area contributed by atoms with Crippen LogP contribution in [0.2, 0.25) is 0 Å². The first-order valence-corrected chi connectivity index (χ1v) is 5.47. The number of anilines is 2. The van der Waals surface area contributed by atoms with Crippen molar-refractivity contribution in [2.24, 2.45) is 5.73 Å². The van der Waals surface area contributed by atoms with E-state index in [9.17, 15) is 4.79 Å². The lowest BCUT2D eigenvalue weighted by atomic mass is 9.99. The fourth-order valence-corrected chi connectivity index (χ4v) is 2.00. The minimum absolute atomic E-state index is 0.0299. The molecule has 4 nitrogen and oxygen atoms in total. The molecule has 16 heavy (non-hydrogen) atoms. The highest BCUT2D eigenvalue weighted by Gasteiger charge is 2.18. The highest BCUT2D eigenvalue weighted by atomic mass is 32.1. The monoisotopic (exact) mass is 235 g/mol. The quantitative estimate of drug-likeness (QED) is 0.646. The molecule has 1 heterocycles. The molecule has 0 unspecified atom stereocenters. The van der Waals surface area contributed by atoms with E-state index in [1.165, 1.54) is 0 Å². The van der Waals surface area contributed by atoms with Crippen molar-refractivity contribution < 1.29 is 4.79 Å². The number of carbonyl (C=O) groups is 1. The predicted molar refractivity (Wildman–Crippen MR) is 68.5 cm³/mol. The fourth-order valence-electron chi connectivity index (χ4n) is 1.89. The zero-order valence-electron chi connectivity index (χ0n) is 8.96. The summed E-state index contributed by atoms with van der Waals surface area (Å²) in [5, 5.41) is 5.93. The lowest BCUT2D eigenvalue weighted by molar-refractivity contribution is -0.116. The van der Waals surface area contributed by atoms with Gasteiger partial charge in [-0.2, -0.15) is 0 Å². The van der Waals surface area contributed by atoms with Gasteiger partial charge < -0.3 is 16.4 Å². The summed E-state index contributed by atoms with van der Waals surface area (Å²) >= 11 is 4.81. The van der Waals surface area contributed by atoms with Gasteiger partial charge in [0.25, 0.3) is 0 Å². The second-order valence-corrected chi connectivity index (χ2v) is 4.32. The number of thiocarbonyl (C=S) groups is 1. The van der Waals surface area contributed by atoms with Crippen LogP contribution < -0.4 is 16.4 Å². The maximum absolute atomic E-state index is 11.3. The van der Waals surface area contributed by atoms with Crippen LogP contribution in [0.25, 0.3) is 0 Å². The Hall–Kier alpha value is -1.62. The van der Waals surface area contributed by atoms with Gasteiger partial charge in [0, 0.05) is 6.42 Å². The van der Waals surface area contributed by atoms with Crippen LogP contribution in [0.1, 0.15) is 17.5 Å². The molecule has 84 valence electrons. The van der Waals surface area contributed by atoms with Crippen molar-refractivity contribution >= 4 is 34.6 Å². The predicted octanol–water partition coefficient (Wildman–Crippen LogP) is 1.54. The Morgan fingerprint density at radius 3 is 2.94 bits per heavy atom. The molecule has 1 aliphatic rings. The van der Waals surface area contributed by atoms with Crippen LogP contribution in [0.3, 0.4) is 0 Å². The third-order valence-electron chi connectivity index (χ3n) is 2.51. The molecule has 0 fully saturated rings. The molecule has 1 aliphatic heterocycles. The van der Waals surface area contributed by atoms with Crippen LogP contribution >= 0.6 is 12.2 Å². The van der Waals surface area contributed by atoms with Crippen molar-refractivity contribution in [1.82, 2.24) is 0 Å². The maximum atomic E-state index is 11.3. The van der Waals surface area contributed by atoms with E-state index < -0.39 is 0 Å². The van der Waals surface area contributed by atoms with Gasteiger partial charge in [-0.25, -0.2) is 0 Å². The Morgan fingerprint density at radius 1 is 1.50 bits per heavy atom. The highest BCUT2D eigenvalue weighted by Crippen LogP contribution is 2.31. The van der Waals surface area contributed by atoms with Gasteiger partial charge in [0.15, 0.2) is 5.11 Å². The van der Waals surface area contributed by atoms with Crippen molar-refractivity contribution in [2.75, 3.05) is 10.6 Å². The Morgan fingerprint density at radius 2 is 2.25 bits per heavy atom. The number of hydrogen-bond donors (Lipinski definition) is 3. The first-order chi connectivity index (χ1) is 7.56. The topological polar surface area (TPSA) is 67.2 Å². The maximum Gasteiger partial charge on any atom is 0.224 e. The van der Waals surface area contributed by atoms with Crippen LogP contribution in [0.15, 0.2) is 12.1 Å². The number of amides is 1. The van der Waals surface area contributed by atoms with E-state index in [1.54, 1.807) is 0 Å². The molecule has 0 bridgehead atoms. The van der Waals surface area contributed by atoms with Crippen LogP contribution in [-0.4, -0.2) is 11.0 Å². The van der Waals surface area contributed by atoms with Gasteiger partial charge in [0.2, 0.25) is 5.91 Å². The highest BCUT2D eigenvalue weighted by molar-refractivity contribution is 7.80. The van der Waals surface area contributed by atoms with Crippen LogP contribution in [0.5, 0.6) is 0 Å². The second-order valence-electron chi connectivity index (χ2n) is 3.88. The SMILES string of the molecule is Cc1cc2c(c(NC(N)=S)c1)NC(=O)CC2. The van der Waals surface area contributed by atoms with E-state index in [0.29, 0.717) is 6.42 Å². The van der Waals surface area contributed by atoms with Gasteiger partial charge in [-0.05, 0) is 42.8 Å². The van der Waals surface area contributed by atoms with Crippen molar-refractivity contribution in [2.45, 2.75) is 19.8 Å². The minimum atomic E-state index is 0.0299. The normalized spacial score (nSPS) is 13.9. The summed E-state index contributed by atoms with van der Waals surface area (Å²) in [6.07, 6.45) is 1.29. The number of benzene rings is 1. The van der Waals surface area contributed by atoms with Crippen LogP contribution in [-0.2, 0) is 11.2 Å². The first kappa shape index (κ1) is 10.9. The fraction of sp³-hybridized carbons (Fsp3) is 0.273. The van der Waals surface area contributed by atoms with Crippen molar-refractivity contribution in [3.63, 3.8) is 0 Å². The van der Waals surface area contributed by atoms with Gasteiger partial charge in [0.1, 0.15) is 0 Å². The molecule has 0 aliphatic carbocycles. The van der Waals surface area contributed by atoms with Crippen molar-refractivity contribution in [3.05, 3.63) is 23.3 Å². The molecule has 0 atom stereocenters. The second kappa shape index (κ2) is 4.09. The average Bonchev–Trinajstić information content (AvgIpc) is 2.18. The van der Waals surface area contributed by atoms with Gasteiger partial charge in [-0.15, -0.1) is 0 Å². The van der Waals surface area contributed by atoms with Crippen LogP contribution in [0, 0.1) is 6.92 Å². The van der Waals surface area contributed by atoms with E-state index >= 15 is 0 Å². The van der Waals surface area contributed by atoms with Gasteiger partial charge >= 0.3 is 0 Å². The molecular weight excluding hydrogens is 222 g/mol. The number of fused-ring (bicyclic) bond motifs is 1. The van der Waals surface area contributed by atoms with E-state index in [-0.39, 0.29) is 11.0 Å². The lowest BCUT2D eigenvalue weighted by Gasteiger charge is -2.21. The smallest absolute Gasteiger partial charge is 0.224 e. The number of nitrogens with one attached hydrogen (secondary N) is 2. The van der Waals surface area contributed by atoms with Gasteiger partial charge in [0.05, 0.1) is 11.4 Å². The summed E-state index contributed by atoms with van der Waals surface area (Å²) in [5.41, 5.74) is 9.27. The van der Waals surface area contributed by atoms with Crippen molar-refractivity contribution in [3.8, 4) is 0 Å². The number of rotatable bonds is 1. The lowest BCUT2D eigenvalue weighted by Crippen LogP contribution is -2.24. The third kappa shape index (κ3) is 2.14. The van der Waals surface area contributed by atoms with E-state index in [4.69, 9.17) is 18.0 Å². The molecular formula is C11H13N3OS. The summed E-state index contributed by atoms with van der Waals surface area (Å²) in [5.74, 6) is 0.0299. The molecule has 4 N–H and O–H groups in total. The minimum Gasteiger partial charge on any atom is -0.376 e. The zero-order valence-corrected chi connectivity index (χ0v) is 9.78. The van der Waals surface area contributed by atoms with Crippen LogP contribution in [0.4, 0.5) is 11.4 Å². The average molecular weight is 235 g/mol. The molecule has 0 saturated heterocycles. The Kier molecular flexibility index (Phi) is 2.78. The molecule has 0 radical (unpaired) electrons. The number of hydrogen-bond acceptors (Lipinski definition) is 2. The zero-order chi connectivity index (χ0) is 11.7. The number of carbonyl (C=O) groups excluding carboxylic acids is 1. The largest absolute Gasteiger partial charge is 0.376 e. The molecule has 1 aromatic carbocycles. The third-order valence-corrected chi connectivity index (χ3v) is 2.61. The summed E-state index contributed by atoms with van der Waals surface area (Å²) in [4.78, 5) is 11.3. The summed E-state index contributed by atoms with van der Waals surface area (Å²) in [6.45, 7) is 2.00. The van der Waals surface area contributed by atoms with E-state index in [2.05, 4.69) is 16.7 Å². The first-order valence-electron chi connectivity index (χ1n) is 5.06. The Labute approximate surface area is 99.2 Å². The molecule has 1 amide bonds. The molecule has 5 heteroatoms. The molecule has 0 spiro atoms. The molecule has 0 aromatic heterocycles. The number of nitrogens with two attached hydrogens (primary N) is 1. The summed E-state index contributed by atoms with van der Waals surface area (Å²) in [6, 6.07) is 3.99. The molecule has 1 aromatic rings. The Bertz CT molecular complexity index is 471. The summed E-state index contributed by atoms with van der Waals surface area (Å²) in [7, 11) is 0. The molecule has 0 saturated carbocycles. The molecule has 2 rings (SSSR count).